The smallest absolute Gasteiger partial charge is 0.282 e. The summed E-state index contributed by atoms with van der Waals surface area (Å²) in [4.78, 5) is 4.16. The molecule has 2 heterocycles. The van der Waals surface area contributed by atoms with Crippen molar-refractivity contribution in [2.45, 2.75) is 32.6 Å². The highest BCUT2D eigenvalue weighted by atomic mass is 32.2. The highest BCUT2D eigenvalue weighted by Gasteiger charge is 2.33. The molecule has 6 nitrogen and oxygen atoms in total. The van der Waals surface area contributed by atoms with E-state index in [0.29, 0.717) is 13.1 Å². The fraction of sp³-hybridized carbons (Fsp3) is 0.615. The molecule has 1 aliphatic rings. The number of hydrogen-bond acceptors (Lipinski definition) is 4. The van der Waals surface area contributed by atoms with Crippen molar-refractivity contribution in [2.24, 2.45) is 0 Å². The van der Waals surface area contributed by atoms with Gasteiger partial charge in [-0.05, 0) is 26.0 Å². The van der Waals surface area contributed by atoms with Crippen LogP contribution in [0.3, 0.4) is 0 Å². The number of hydrogen-bond donors (Lipinski definition) is 0. The minimum Gasteiger partial charge on any atom is -0.373 e. The molecule has 2 unspecified atom stereocenters. The average Bonchev–Trinajstić information content (AvgIpc) is 2.38. The third kappa shape index (κ3) is 3.54. The first-order chi connectivity index (χ1) is 9.39. The standard InChI is InChI=1S/C13H21N3O3S/c1-11-8-16(9-12(2)19-11)20(17,18)15(3)10-13-6-4-5-7-14-13/h4-7,11-12H,8-10H2,1-3H3. The van der Waals surface area contributed by atoms with Gasteiger partial charge >= 0.3 is 0 Å². The Morgan fingerprint density at radius 2 is 2.00 bits per heavy atom. The first-order valence-electron chi connectivity index (χ1n) is 6.66. The van der Waals surface area contributed by atoms with Crippen LogP contribution in [-0.4, -0.2) is 54.4 Å². The van der Waals surface area contributed by atoms with Crippen LogP contribution in [-0.2, 0) is 21.5 Å². The Hall–Kier alpha value is -1.02. The molecular formula is C13H21N3O3S. The topological polar surface area (TPSA) is 62.7 Å². The van der Waals surface area contributed by atoms with Crippen LogP contribution < -0.4 is 0 Å². The predicted molar refractivity (Wildman–Crippen MR) is 76.2 cm³/mol. The molecule has 1 saturated heterocycles. The van der Waals surface area contributed by atoms with Crippen LogP contribution in [0, 0.1) is 0 Å². The predicted octanol–water partition coefficient (Wildman–Crippen LogP) is 0.867. The van der Waals surface area contributed by atoms with Crippen LogP contribution in [0.25, 0.3) is 0 Å². The third-order valence-electron chi connectivity index (χ3n) is 3.22. The number of rotatable bonds is 4. The largest absolute Gasteiger partial charge is 0.373 e. The summed E-state index contributed by atoms with van der Waals surface area (Å²) in [5, 5.41) is 0. The molecule has 1 aromatic heterocycles. The molecular weight excluding hydrogens is 278 g/mol. The van der Waals surface area contributed by atoms with E-state index in [0.717, 1.165) is 5.69 Å². The van der Waals surface area contributed by atoms with Gasteiger partial charge in [-0.25, -0.2) is 0 Å². The van der Waals surface area contributed by atoms with Crippen LogP contribution in [0.5, 0.6) is 0 Å². The van der Waals surface area contributed by atoms with Crippen molar-refractivity contribution in [1.29, 1.82) is 0 Å². The minimum absolute atomic E-state index is 0.0863. The van der Waals surface area contributed by atoms with Crippen molar-refractivity contribution in [3.8, 4) is 0 Å². The molecule has 0 aliphatic carbocycles. The summed E-state index contributed by atoms with van der Waals surface area (Å²) in [6.07, 6.45) is 1.49. The summed E-state index contributed by atoms with van der Waals surface area (Å²) < 4.78 is 33.5. The average molecular weight is 299 g/mol. The van der Waals surface area contributed by atoms with Gasteiger partial charge in [-0.2, -0.15) is 17.0 Å². The van der Waals surface area contributed by atoms with Gasteiger partial charge in [0.1, 0.15) is 0 Å². The van der Waals surface area contributed by atoms with E-state index in [9.17, 15) is 8.42 Å². The van der Waals surface area contributed by atoms with Crippen LogP contribution >= 0.6 is 0 Å². The lowest BCUT2D eigenvalue weighted by Crippen LogP contribution is -2.52. The van der Waals surface area contributed by atoms with Crippen LogP contribution in [0.15, 0.2) is 24.4 Å². The lowest BCUT2D eigenvalue weighted by molar-refractivity contribution is -0.0453. The van der Waals surface area contributed by atoms with Crippen LogP contribution in [0.2, 0.25) is 0 Å². The molecule has 1 aliphatic heterocycles. The van der Waals surface area contributed by atoms with E-state index < -0.39 is 10.2 Å². The fourth-order valence-electron chi connectivity index (χ4n) is 2.32. The van der Waals surface area contributed by atoms with Crippen LogP contribution in [0.1, 0.15) is 19.5 Å². The van der Waals surface area contributed by atoms with Crippen LogP contribution in [0.4, 0.5) is 0 Å². The maximum Gasteiger partial charge on any atom is 0.282 e. The van der Waals surface area contributed by atoms with E-state index in [2.05, 4.69) is 4.98 Å². The summed E-state index contributed by atoms with van der Waals surface area (Å²) in [5.41, 5.74) is 0.730. The highest BCUT2D eigenvalue weighted by Crippen LogP contribution is 2.17. The van der Waals surface area contributed by atoms with Gasteiger partial charge in [-0.1, -0.05) is 6.07 Å². The number of nitrogens with zero attached hydrogens (tertiary/aromatic N) is 3. The second-order valence-electron chi connectivity index (χ2n) is 5.16. The summed E-state index contributed by atoms with van der Waals surface area (Å²) >= 11 is 0. The van der Waals surface area contributed by atoms with Crippen molar-refractivity contribution in [3.05, 3.63) is 30.1 Å². The van der Waals surface area contributed by atoms with Crippen molar-refractivity contribution in [1.82, 2.24) is 13.6 Å². The van der Waals surface area contributed by atoms with E-state index in [-0.39, 0.29) is 18.8 Å². The Kier molecular flexibility index (Phi) is 4.74. The molecule has 0 N–H and O–H groups in total. The van der Waals surface area contributed by atoms with E-state index in [4.69, 9.17) is 4.74 Å². The van der Waals surface area contributed by atoms with E-state index in [1.54, 1.807) is 13.2 Å². The quantitative estimate of drug-likeness (QED) is 0.827. The summed E-state index contributed by atoms with van der Waals surface area (Å²) in [6, 6.07) is 5.47. The van der Waals surface area contributed by atoms with Gasteiger partial charge in [0, 0.05) is 26.3 Å². The molecule has 1 aromatic rings. The van der Waals surface area contributed by atoms with E-state index >= 15 is 0 Å². The minimum atomic E-state index is -3.48. The molecule has 0 bridgehead atoms. The normalized spacial score (nSPS) is 25.0. The zero-order valence-electron chi connectivity index (χ0n) is 12.1. The third-order valence-corrected chi connectivity index (χ3v) is 5.08. The first kappa shape index (κ1) is 15.4. The monoisotopic (exact) mass is 299 g/mol. The lowest BCUT2D eigenvalue weighted by Gasteiger charge is -2.36. The number of ether oxygens (including phenoxy) is 1. The maximum atomic E-state index is 12.5. The lowest BCUT2D eigenvalue weighted by atomic mass is 10.3. The molecule has 112 valence electrons. The Bertz CT molecular complexity index is 525. The van der Waals surface area contributed by atoms with Gasteiger partial charge in [0.2, 0.25) is 0 Å². The van der Waals surface area contributed by atoms with Crippen molar-refractivity contribution < 1.29 is 13.2 Å². The van der Waals surface area contributed by atoms with Crippen molar-refractivity contribution in [2.75, 3.05) is 20.1 Å². The molecule has 0 amide bonds. The van der Waals surface area contributed by atoms with Gasteiger partial charge in [0.15, 0.2) is 0 Å². The van der Waals surface area contributed by atoms with Gasteiger partial charge in [-0.3, -0.25) is 4.98 Å². The van der Waals surface area contributed by atoms with Crippen molar-refractivity contribution in [3.63, 3.8) is 0 Å². The second kappa shape index (κ2) is 6.17. The van der Waals surface area contributed by atoms with E-state index in [1.165, 1.54) is 8.61 Å². The van der Waals surface area contributed by atoms with Gasteiger partial charge in [0.25, 0.3) is 10.2 Å². The maximum absolute atomic E-state index is 12.5. The molecule has 2 rings (SSSR count). The Balaban J connectivity index is 2.09. The molecule has 2 atom stereocenters. The molecule has 0 radical (unpaired) electrons. The summed E-state index contributed by atoms with van der Waals surface area (Å²) in [7, 11) is -1.90. The molecule has 0 aromatic carbocycles. The fourth-order valence-corrected chi connectivity index (χ4v) is 3.80. The molecule has 7 heteroatoms. The number of morpholine rings is 1. The Morgan fingerprint density at radius 1 is 1.35 bits per heavy atom. The zero-order valence-corrected chi connectivity index (χ0v) is 12.9. The number of pyridine rings is 1. The Labute approximate surface area is 120 Å². The second-order valence-corrected chi connectivity index (χ2v) is 7.19. The molecule has 0 spiro atoms. The SMILES string of the molecule is CC1CN(S(=O)(=O)N(C)Cc2ccccn2)CC(C)O1. The van der Waals surface area contributed by atoms with Gasteiger partial charge < -0.3 is 4.74 Å². The first-order valence-corrected chi connectivity index (χ1v) is 8.06. The van der Waals surface area contributed by atoms with Crippen molar-refractivity contribution >= 4 is 10.2 Å². The summed E-state index contributed by atoms with van der Waals surface area (Å²) in [5.74, 6) is 0. The Morgan fingerprint density at radius 3 is 2.55 bits per heavy atom. The van der Waals surface area contributed by atoms with E-state index in [1.807, 2.05) is 32.0 Å². The molecule has 1 fully saturated rings. The molecule has 20 heavy (non-hydrogen) atoms. The zero-order chi connectivity index (χ0) is 14.8. The molecule has 0 saturated carbocycles. The highest BCUT2D eigenvalue weighted by molar-refractivity contribution is 7.86. The summed E-state index contributed by atoms with van der Waals surface area (Å²) in [6.45, 7) is 4.82. The van der Waals surface area contributed by atoms with Gasteiger partial charge in [-0.15, -0.1) is 0 Å². The number of aromatic nitrogens is 1. The van der Waals surface area contributed by atoms with Gasteiger partial charge in [0.05, 0.1) is 24.4 Å².